The average molecular weight is 389 g/mol. The van der Waals surface area contributed by atoms with Gasteiger partial charge in [0.1, 0.15) is 0 Å². The number of ketones is 1. The summed E-state index contributed by atoms with van der Waals surface area (Å²) in [5.41, 5.74) is 1.78. The van der Waals surface area contributed by atoms with E-state index in [0.717, 1.165) is 23.7 Å². The molecule has 2 unspecified atom stereocenters. The Hall–Kier alpha value is -3.41. The molecule has 6 heteroatoms. The lowest BCUT2D eigenvalue weighted by molar-refractivity contribution is -0.127. The Balaban J connectivity index is 1.49. The summed E-state index contributed by atoms with van der Waals surface area (Å²) in [4.78, 5) is 43.1. The number of rotatable bonds is 5. The number of carbonyl (C=O) groups is 3. The molecule has 2 amide bonds. The van der Waals surface area contributed by atoms with Crippen LogP contribution in [0.2, 0.25) is 0 Å². The van der Waals surface area contributed by atoms with E-state index in [2.05, 4.69) is 10.3 Å². The first-order valence-corrected chi connectivity index (χ1v) is 9.83. The number of H-pyrrole nitrogens is 1. The quantitative estimate of drug-likeness (QED) is 0.519. The van der Waals surface area contributed by atoms with Crippen LogP contribution in [0.25, 0.3) is 10.9 Å². The van der Waals surface area contributed by atoms with Gasteiger partial charge in [0, 0.05) is 35.2 Å². The highest BCUT2D eigenvalue weighted by Gasteiger charge is 2.37. The lowest BCUT2D eigenvalue weighted by Crippen LogP contribution is -2.50. The Bertz CT molecular complexity index is 1060. The molecule has 0 radical (unpaired) electrons. The van der Waals surface area contributed by atoms with Crippen molar-refractivity contribution < 1.29 is 14.4 Å². The Morgan fingerprint density at radius 2 is 1.79 bits per heavy atom. The van der Waals surface area contributed by atoms with Gasteiger partial charge in [-0.1, -0.05) is 36.4 Å². The number of likely N-dealkylation sites (tertiary alicyclic amines) is 1. The van der Waals surface area contributed by atoms with Gasteiger partial charge in [-0.2, -0.15) is 0 Å². The van der Waals surface area contributed by atoms with E-state index in [1.807, 2.05) is 49.4 Å². The first-order chi connectivity index (χ1) is 14.1. The van der Waals surface area contributed by atoms with Crippen molar-refractivity contribution in [3.63, 3.8) is 0 Å². The van der Waals surface area contributed by atoms with Crippen LogP contribution in [0.1, 0.15) is 40.5 Å². The number of hydrogen-bond acceptors (Lipinski definition) is 3. The normalized spacial score (nSPS) is 17.3. The zero-order valence-corrected chi connectivity index (χ0v) is 16.2. The van der Waals surface area contributed by atoms with Gasteiger partial charge in [-0.25, -0.2) is 0 Å². The standard InChI is InChI=1S/C23H23N3O3/c1-15(25-22(28)16-8-3-2-4-9-16)20-12-7-13-26(20)23(29)21(27)18-14-24-19-11-6-5-10-17(18)19/h2-6,8-11,14-15,20,24H,7,12-13H2,1H3,(H,25,28). The number of benzene rings is 2. The molecule has 1 saturated heterocycles. The average Bonchev–Trinajstić information content (AvgIpc) is 3.40. The van der Waals surface area contributed by atoms with Crippen molar-refractivity contribution >= 4 is 28.5 Å². The number of hydrogen-bond donors (Lipinski definition) is 2. The summed E-state index contributed by atoms with van der Waals surface area (Å²) in [5.74, 6) is -1.21. The molecule has 2 aromatic carbocycles. The maximum Gasteiger partial charge on any atom is 0.295 e. The number of carbonyl (C=O) groups excluding carboxylic acids is 3. The summed E-state index contributed by atoms with van der Waals surface area (Å²) >= 11 is 0. The Morgan fingerprint density at radius 1 is 1.07 bits per heavy atom. The number of nitrogens with zero attached hydrogens (tertiary/aromatic N) is 1. The first kappa shape index (κ1) is 18.9. The van der Waals surface area contributed by atoms with E-state index >= 15 is 0 Å². The molecular weight excluding hydrogens is 366 g/mol. The van der Waals surface area contributed by atoms with Crippen LogP contribution in [0, 0.1) is 0 Å². The van der Waals surface area contributed by atoms with Crippen molar-refractivity contribution in [1.29, 1.82) is 0 Å². The van der Waals surface area contributed by atoms with Gasteiger partial charge in [-0.05, 0) is 38.0 Å². The minimum Gasteiger partial charge on any atom is -0.360 e. The molecule has 6 nitrogen and oxygen atoms in total. The van der Waals surface area contributed by atoms with Crippen molar-refractivity contribution in [2.75, 3.05) is 6.54 Å². The van der Waals surface area contributed by atoms with Gasteiger partial charge in [0.15, 0.2) is 0 Å². The van der Waals surface area contributed by atoms with Crippen molar-refractivity contribution in [2.24, 2.45) is 0 Å². The van der Waals surface area contributed by atoms with Gasteiger partial charge in [-0.15, -0.1) is 0 Å². The Morgan fingerprint density at radius 3 is 2.59 bits per heavy atom. The molecular formula is C23H23N3O3. The molecule has 1 aliphatic rings. The third kappa shape index (κ3) is 3.66. The highest BCUT2D eigenvalue weighted by atomic mass is 16.2. The van der Waals surface area contributed by atoms with E-state index in [1.54, 1.807) is 23.2 Å². The predicted octanol–water partition coefficient (Wildman–Crippen LogP) is 3.16. The zero-order valence-electron chi connectivity index (χ0n) is 16.2. The summed E-state index contributed by atoms with van der Waals surface area (Å²) in [7, 11) is 0. The highest BCUT2D eigenvalue weighted by molar-refractivity contribution is 6.45. The molecule has 1 fully saturated rings. The molecule has 2 heterocycles. The number of Topliss-reactive ketones (excluding diaryl/α,β-unsaturated/α-hetero) is 1. The van der Waals surface area contributed by atoms with Crippen molar-refractivity contribution in [3.8, 4) is 0 Å². The van der Waals surface area contributed by atoms with Crippen molar-refractivity contribution in [3.05, 3.63) is 71.9 Å². The fraction of sp³-hybridized carbons (Fsp3) is 0.261. The fourth-order valence-corrected chi connectivity index (χ4v) is 4.05. The molecule has 2 N–H and O–H groups in total. The summed E-state index contributed by atoms with van der Waals surface area (Å²) in [5, 5.41) is 3.72. The van der Waals surface area contributed by atoms with E-state index in [1.165, 1.54) is 0 Å². The molecule has 4 rings (SSSR count). The Kier molecular flexibility index (Phi) is 5.16. The second-order valence-electron chi connectivity index (χ2n) is 7.41. The van der Waals surface area contributed by atoms with Gasteiger partial charge < -0.3 is 15.2 Å². The molecule has 2 atom stereocenters. The van der Waals surface area contributed by atoms with Crippen LogP contribution >= 0.6 is 0 Å². The molecule has 3 aromatic rings. The van der Waals surface area contributed by atoms with Crippen molar-refractivity contribution in [1.82, 2.24) is 15.2 Å². The third-order valence-corrected chi connectivity index (χ3v) is 5.56. The van der Waals surface area contributed by atoms with Crippen LogP contribution in [0.5, 0.6) is 0 Å². The smallest absolute Gasteiger partial charge is 0.295 e. The van der Waals surface area contributed by atoms with Crippen LogP contribution in [0.15, 0.2) is 60.8 Å². The van der Waals surface area contributed by atoms with Gasteiger partial charge in [-0.3, -0.25) is 14.4 Å². The minimum absolute atomic E-state index is 0.180. The predicted molar refractivity (Wildman–Crippen MR) is 111 cm³/mol. The van der Waals surface area contributed by atoms with E-state index in [9.17, 15) is 14.4 Å². The zero-order chi connectivity index (χ0) is 20.4. The number of para-hydroxylation sites is 1. The summed E-state index contributed by atoms with van der Waals surface area (Å²) in [6.45, 7) is 2.40. The lowest BCUT2D eigenvalue weighted by Gasteiger charge is -2.29. The molecule has 0 saturated carbocycles. The number of aromatic nitrogens is 1. The van der Waals surface area contributed by atoms with Gasteiger partial charge >= 0.3 is 0 Å². The monoisotopic (exact) mass is 389 g/mol. The maximum absolute atomic E-state index is 13.0. The maximum atomic E-state index is 13.0. The number of nitrogens with one attached hydrogen (secondary N) is 2. The van der Waals surface area contributed by atoms with Crippen LogP contribution in [-0.4, -0.2) is 46.1 Å². The summed E-state index contributed by atoms with van der Waals surface area (Å²) in [6, 6.07) is 15.9. The summed E-state index contributed by atoms with van der Waals surface area (Å²) in [6.07, 6.45) is 3.16. The van der Waals surface area contributed by atoms with Crippen molar-refractivity contribution in [2.45, 2.75) is 31.8 Å². The van der Waals surface area contributed by atoms with E-state index in [4.69, 9.17) is 0 Å². The molecule has 29 heavy (non-hydrogen) atoms. The number of amides is 2. The van der Waals surface area contributed by atoms with Crippen LogP contribution in [0.3, 0.4) is 0 Å². The van der Waals surface area contributed by atoms with E-state index < -0.39 is 11.7 Å². The van der Waals surface area contributed by atoms with Crippen LogP contribution < -0.4 is 5.32 Å². The molecule has 148 valence electrons. The fourth-order valence-electron chi connectivity index (χ4n) is 4.05. The van der Waals surface area contributed by atoms with Gasteiger partial charge in [0.2, 0.25) is 0 Å². The van der Waals surface area contributed by atoms with Crippen LogP contribution in [-0.2, 0) is 4.79 Å². The molecule has 0 spiro atoms. The first-order valence-electron chi connectivity index (χ1n) is 9.83. The topological polar surface area (TPSA) is 82.3 Å². The number of fused-ring (bicyclic) bond motifs is 1. The number of aromatic amines is 1. The third-order valence-electron chi connectivity index (χ3n) is 5.56. The molecule has 1 aliphatic heterocycles. The second kappa shape index (κ2) is 7.91. The van der Waals surface area contributed by atoms with Gasteiger partial charge in [0.25, 0.3) is 17.6 Å². The lowest BCUT2D eigenvalue weighted by atomic mass is 10.0. The molecule has 0 bridgehead atoms. The van der Waals surface area contributed by atoms with Crippen LogP contribution in [0.4, 0.5) is 0 Å². The second-order valence-corrected chi connectivity index (χ2v) is 7.41. The Labute approximate surface area is 168 Å². The van der Waals surface area contributed by atoms with E-state index in [-0.39, 0.29) is 18.0 Å². The molecule has 1 aromatic heterocycles. The minimum atomic E-state index is -0.518. The SMILES string of the molecule is CC(NC(=O)c1ccccc1)C1CCCN1C(=O)C(=O)c1c[nH]c2ccccc12. The largest absolute Gasteiger partial charge is 0.360 e. The summed E-state index contributed by atoms with van der Waals surface area (Å²) < 4.78 is 0. The highest BCUT2D eigenvalue weighted by Crippen LogP contribution is 2.24. The molecule has 0 aliphatic carbocycles. The van der Waals surface area contributed by atoms with E-state index in [0.29, 0.717) is 17.7 Å². The van der Waals surface area contributed by atoms with Gasteiger partial charge in [0.05, 0.1) is 11.6 Å².